The molecule has 2 N–H and O–H groups in total. The van der Waals surface area contributed by atoms with Gasteiger partial charge < -0.3 is 10.6 Å². The van der Waals surface area contributed by atoms with E-state index in [-0.39, 0.29) is 0 Å². The number of nitrogens with zero attached hydrogens (tertiary/aromatic N) is 1. The highest BCUT2D eigenvalue weighted by atomic mass is 32.1. The number of carbonyl (C=O) groups is 1. The number of thiophene rings is 1. The SMILES string of the molecule is Cc1ccc(C(C)N(C)C(=O)C(C)(N)C(F)(F)F)s1. The lowest BCUT2D eigenvalue weighted by atomic mass is 10.0. The van der Waals surface area contributed by atoms with Gasteiger partial charge in [0.25, 0.3) is 5.91 Å². The van der Waals surface area contributed by atoms with Gasteiger partial charge in [-0.25, -0.2) is 0 Å². The molecule has 1 rings (SSSR count). The molecule has 3 nitrogen and oxygen atoms in total. The van der Waals surface area contributed by atoms with Crippen LogP contribution in [0.15, 0.2) is 12.1 Å². The molecule has 0 spiro atoms. The molecule has 0 bridgehead atoms. The van der Waals surface area contributed by atoms with Crippen molar-refractivity contribution in [2.75, 3.05) is 7.05 Å². The second-order valence-electron chi connectivity index (χ2n) is 4.74. The van der Waals surface area contributed by atoms with Crippen LogP contribution >= 0.6 is 11.3 Å². The van der Waals surface area contributed by atoms with Gasteiger partial charge in [-0.3, -0.25) is 4.79 Å². The van der Waals surface area contributed by atoms with Crippen LogP contribution in [-0.2, 0) is 4.79 Å². The fourth-order valence-electron chi connectivity index (χ4n) is 1.53. The maximum atomic E-state index is 12.7. The number of rotatable bonds is 3. The maximum Gasteiger partial charge on any atom is 0.415 e. The maximum absolute atomic E-state index is 12.7. The van der Waals surface area contributed by atoms with Gasteiger partial charge in [-0.2, -0.15) is 13.2 Å². The Morgan fingerprint density at radius 1 is 1.42 bits per heavy atom. The van der Waals surface area contributed by atoms with E-state index in [0.29, 0.717) is 6.92 Å². The number of hydrogen-bond acceptors (Lipinski definition) is 3. The summed E-state index contributed by atoms with van der Waals surface area (Å²) in [7, 11) is 1.33. The van der Waals surface area contributed by atoms with Gasteiger partial charge in [0.2, 0.25) is 0 Å². The van der Waals surface area contributed by atoms with Crippen LogP contribution in [0.1, 0.15) is 29.6 Å². The van der Waals surface area contributed by atoms with Crippen molar-refractivity contribution in [3.8, 4) is 0 Å². The molecule has 0 saturated heterocycles. The molecule has 1 amide bonds. The van der Waals surface area contributed by atoms with Crippen molar-refractivity contribution >= 4 is 17.2 Å². The Hall–Kier alpha value is -1.08. The van der Waals surface area contributed by atoms with Crippen LogP contribution in [0, 0.1) is 6.92 Å². The van der Waals surface area contributed by atoms with E-state index in [4.69, 9.17) is 5.73 Å². The molecule has 0 aliphatic carbocycles. The fourth-order valence-corrected chi connectivity index (χ4v) is 2.50. The second-order valence-corrected chi connectivity index (χ2v) is 6.06. The predicted molar refractivity (Wildman–Crippen MR) is 68.9 cm³/mol. The first-order chi connectivity index (χ1) is 8.48. The van der Waals surface area contributed by atoms with E-state index in [0.717, 1.165) is 14.7 Å². The molecule has 0 radical (unpaired) electrons. The lowest BCUT2D eigenvalue weighted by molar-refractivity contribution is -0.194. The number of aryl methyl sites for hydroxylation is 1. The molecule has 0 aliphatic rings. The minimum Gasteiger partial charge on any atom is -0.336 e. The van der Waals surface area contributed by atoms with Gasteiger partial charge in [0.1, 0.15) is 0 Å². The molecule has 0 aliphatic heterocycles. The lowest BCUT2D eigenvalue weighted by Gasteiger charge is -2.33. The van der Waals surface area contributed by atoms with Crippen LogP contribution in [0.2, 0.25) is 0 Å². The third kappa shape index (κ3) is 3.09. The number of nitrogens with two attached hydrogens (primary N) is 1. The lowest BCUT2D eigenvalue weighted by Crippen LogP contribution is -2.61. The van der Waals surface area contributed by atoms with Gasteiger partial charge in [-0.15, -0.1) is 11.3 Å². The van der Waals surface area contributed by atoms with E-state index in [9.17, 15) is 18.0 Å². The molecule has 0 aromatic carbocycles. The van der Waals surface area contributed by atoms with Crippen LogP contribution < -0.4 is 5.73 Å². The number of hydrogen-bond donors (Lipinski definition) is 1. The largest absolute Gasteiger partial charge is 0.415 e. The van der Waals surface area contributed by atoms with E-state index in [2.05, 4.69) is 0 Å². The average Bonchev–Trinajstić information content (AvgIpc) is 2.71. The molecule has 2 atom stereocenters. The molecule has 1 aromatic rings. The Morgan fingerprint density at radius 3 is 2.32 bits per heavy atom. The van der Waals surface area contributed by atoms with Crippen molar-refractivity contribution < 1.29 is 18.0 Å². The minimum atomic E-state index is -4.77. The Balaban J connectivity index is 2.94. The van der Waals surface area contributed by atoms with E-state index in [1.54, 1.807) is 13.0 Å². The quantitative estimate of drug-likeness (QED) is 0.931. The Bertz CT molecular complexity index is 468. The van der Waals surface area contributed by atoms with Gasteiger partial charge in [-0.05, 0) is 32.9 Å². The first-order valence-electron chi connectivity index (χ1n) is 5.67. The van der Waals surface area contributed by atoms with Crippen LogP contribution in [0.4, 0.5) is 13.2 Å². The predicted octanol–water partition coefficient (Wildman–Crippen LogP) is 2.86. The summed E-state index contributed by atoms with van der Waals surface area (Å²) in [5.74, 6) is -1.14. The van der Waals surface area contributed by atoms with Crippen molar-refractivity contribution in [1.29, 1.82) is 0 Å². The highest BCUT2D eigenvalue weighted by molar-refractivity contribution is 7.12. The zero-order chi connectivity index (χ0) is 15.0. The second kappa shape index (κ2) is 5.13. The highest BCUT2D eigenvalue weighted by Crippen LogP contribution is 2.33. The molecule has 0 saturated carbocycles. The van der Waals surface area contributed by atoms with Crippen LogP contribution in [-0.4, -0.2) is 29.6 Å². The number of likely N-dealkylation sites (N-methyl/N-ethyl adjacent to an activating group) is 1. The highest BCUT2D eigenvalue weighted by Gasteiger charge is 2.55. The topological polar surface area (TPSA) is 46.3 Å². The number of amides is 1. The number of halogens is 3. The number of alkyl halides is 3. The molecular weight excluding hydrogens is 277 g/mol. The third-order valence-electron chi connectivity index (χ3n) is 3.11. The third-order valence-corrected chi connectivity index (χ3v) is 4.28. The zero-order valence-electron chi connectivity index (χ0n) is 11.2. The summed E-state index contributed by atoms with van der Waals surface area (Å²) in [5, 5.41) is 0. The Labute approximate surface area is 114 Å². The van der Waals surface area contributed by atoms with Gasteiger partial charge in [-0.1, -0.05) is 0 Å². The van der Waals surface area contributed by atoms with Gasteiger partial charge in [0, 0.05) is 16.8 Å². The van der Waals surface area contributed by atoms with Gasteiger partial charge in [0.15, 0.2) is 5.54 Å². The summed E-state index contributed by atoms with van der Waals surface area (Å²) in [5.41, 5.74) is 2.27. The molecule has 1 aromatic heterocycles. The molecule has 19 heavy (non-hydrogen) atoms. The number of carbonyl (C=O) groups excluding carboxylic acids is 1. The summed E-state index contributed by atoms with van der Waals surface area (Å²) in [6, 6.07) is 3.22. The van der Waals surface area contributed by atoms with E-state index in [1.807, 2.05) is 13.0 Å². The molecule has 2 unspecified atom stereocenters. The van der Waals surface area contributed by atoms with Crippen molar-refractivity contribution in [3.05, 3.63) is 21.9 Å². The molecular formula is C12H17F3N2OS. The van der Waals surface area contributed by atoms with Crippen LogP contribution in [0.3, 0.4) is 0 Å². The normalized spacial score (nSPS) is 16.8. The molecule has 7 heteroatoms. The summed E-state index contributed by atoms with van der Waals surface area (Å²) >= 11 is 1.44. The summed E-state index contributed by atoms with van der Waals surface area (Å²) in [4.78, 5) is 14.8. The summed E-state index contributed by atoms with van der Waals surface area (Å²) < 4.78 is 38.2. The molecule has 108 valence electrons. The molecule has 1 heterocycles. The Morgan fingerprint density at radius 2 is 1.95 bits per heavy atom. The van der Waals surface area contributed by atoms with Crippen LogP contribution in [0.25, 0.3) is 0 Å². The standard InChI is InChI=1S/C12H17F3N2OS/c1-7-5-6-9(19-7)8(2)17(4)10(18)11(3,16)12(13,14)15/h5-6,8H,16H2,1-4H3. The minimum absolute atomic E-state index is 0.448. The van der Waals surface area contributed by atoms with E-state index < -0.39 is 23.7 Å². The summed E-state index contributed by atoms with van der Waals surface area (Å²) in [6.07, 6.45) is -4.77. The van der Waals surface area contributed by atoms with Crippen molar-refractivity contribution in [1.82, 2.24) is 4.90 Å². The van der Waals surface area contributed by atoms with Crippen molar-refractivity contribution in [2.45, 2.75) is 38.5 Å². The van der Waals surface area contributed by atoms with Crippen LogP contribution in [0.5, 0.6) is 0 Å². The zero-order valence-corrected chi connectivity index (χ0v) is 12.0. The van der Waals surface area contributed by atoms with Crippen molar-refractivity contribution in [3.63, 3.8) is 0 Å². The first kappa shape index (κ1) is 16.0. The monoisotopic (exact) mass is 294 g/mol. The average molecular weight is 294 g/mol. The summed E-state index contributed by atoms with van der Waals surface area (Å²) in [6.45, 7) is 4.26. The van der Waals surface area contributed by atoms with E-state index >= 15 is 0 Å². The van der Waals surface area contributed by atoms with Gasteiger partial charge >= 0.3 is 6.18 Å². The van der Waals surface area contributed by atoms with Gasteiger partial charge in [0.05, 0.1) is 6.04 Å². The first-order valence-corrected chi connectivity index (χ1v) is 6.49. The fraction of sp³-hybridized carbons (Fsp3) is 0.583. The smallest absolute Gasteiger partial charge is 0.336 e. The Kier molecular flexibility index (Phi) is 4.31. The van der Waals surface area contributed by atoms with E-state index in [1.165, 1.54) is 18.4 Å². The van der Waals surface area contributed by atoms with Crippen molar-refractivity contribution in [2.24, 2.45) is 5.73 Å². The molecule has 0 fully saturated rings.